The maximum Gasteiger partial charge on any atom is 0.340 e. The highest BCUT2D eigenvalue weighted by Crippen LogP contribution is 2.31. The first kappa shape index (κ1) is 15.4. The van der Waals surface area contributed by atoms with Crippen LogP contribution in [-0.4, -0.2) is 23.1 Å². The summed E-state index contributed by atoms with van der Waals surface area (Å²) in [5, 5.41) is 2.44. The standard InChI is InChI=1S/C14H19Cl2N3O/c1-4-5-8-18-13(20)19(17-14(18,2)3)10-6-7-11(15)12(16)9-10/h6-7,9,17H,4-5,8H2,1-3H3. The van der Waals surface area contributed by atoms with E-state index in [0.29, 0.717) is 15.7 Å². The molecule has 1 fully saturated rings. The third-order valence-corrected chi connectivity index (χ3v) is 4.12. The van der Waals surface area contributed by atoms with Crippen molar-refractivity contribution in [3.8, 4) is 0 Å². The highest BCUT2D eigenvalue weighted by molar-refractivity contribution is 6.42. The van der Waals surface area contributed by atoms with Crippen molar-refractivity contribution >= 4 is 34.9 Å². The van der Waals surface area contributed by atoms with Crippen LogP contribution < -0.4 is 10.4 Å². The highest BCUT2D eigenvalue weighted by atomic mass is 35.5. The number of carbonyl (C=O) groups excluding carboxylic acids is 1. The molecule has 110 valence electrons. The van der Waals surface area contributed by atoms with E-state index in [2.05, 4.69) is 12.3 Å². The summed E-state index contributed by atoms with van der Waals surface area (Å²) in [4.78, 5) is 14.4. The average molecular weight is 316 g/mol. The first-order chi connectivity index (χ1) is 9.36. The van der Waals surface area contributed by atoms with Gasteiger partial charge in [0, 0.05) is 6.54 Å². The fourth-order valence-corrected chi connectivity index (χ4v) is 2.52. The van der Waals surface area contributed by atoms with E-state index in [9.17, 15) is 4.79 Å². The van der Waals surface area contributed by atoms with E-state index in [0.717, 1.165) is 19.4 Å². The van der Waals surface area contributed by atoms with E-state index in [1.165, 1.54) is 5.01 Å². The van der Waals surface area contributed by atoms with Gasteiger partial charge in [0.1, 0.15) is 5.66 Å². The first-order valence-electron chi connectivity index (χ1n) is 6.71. The number of amides is 2. The van der Waals surface area contributed by atoms with Gasteiger partial charge in [-0.1, -0.05) is 36.5 Å². The Bertz CT molecular complexity index is 519. The summed E-state index contributed by atoms with van der Waals surface area (Å²) in [7, 11) is 0. The number of anilines is 1. The number of rotatable bonds is 4. The monoisotopic (exact) mass is 315 g/mol. The van der Waals surface area contributed by atoms with Crippen molar-refractivity contribution in [3.05, 3.63) is 28.2 Å². The second-order valence-electron chi connectivity index (χ2n) is 5.39. The molecule has 1 aromatic rings. The van der Waals surface area contributed by atoms with Crippen molar-refractivity contribution in [2.45, 2.75) is 39.3 Å². The van der Waals surface area contributed by atoms with Crippen LogP contribution in [0.1, 0.15) is 33.6 Å². The predicted molar refractivity (Wildman–Crippen MR) is 83.2 cm³/mol. The van der Waals surface area contributed by atoms with Gasteiger partial charge in [0.05, 0.1) is 15.7 Å². The largest absolute Gasteiger partial charge is 0.340 e. The summed E-state index contributed by atoms with van der Waals surface area (Å²) in [6, 6.07) is 5.09. The normalized spacial score (nSPS) is 17.9. The number of halogens is 2. The van der Waals surface area contributed by atoms with Crippen molar-refractivity contribution in [1.82, 2.24) is 10.3 Å². The van der Waals surface area contributed by atoms with Crippen LogP contribution in [0.25, 0.3) is 0 Å². The second-order valence-corrected chi connectivity index (χ2v) is 6.21. The van der Waals surface area contributed by atoms with Crippen LogP contribution in [0.15, 0.2) is 18.2 Å². The van der Waals surface area contributed by atoms with Crippen LogP contribution in [0.4, 0.5) is 10.5 Å². The van der Waals surface area contributed by atoms with Crippen molar-refractivity contribution in [2.24, 2.45) is 0 Å². The zero-order chi connectivity index (χ0) is 14.9. The minimum Gasteiger partial charge on any atom is -0.304 e. The molecule has 0 aromatic heterocycles. The van der Waals surface area contributed by atoms with E-state index in [4.69, 9.17) is 23.2 Å². The fraction of sp³-hybridized carbons (Fsp3) is 0.500. The van der Waals surface area contributed by atoms with E-state index in [1.807, 2.05) is 18.7 Å². The van der Waals surface area contributed by atoms with Crippen molar-refractivity contribution in [2.75, 3.05) is 11.6 Å². The quantitative estimate of drug-likeness (QED) is 0.900. The van der Waals surface area contributed by atoms with Gasteiger partial charge in [0.2, 0.25) is 0 Å². The van der Waals surface area contributed by atoms with Gasteiger partial charge in [-0.25, -0.2) is 15.2 Å². The molecule has 0 atom stereocenters. The Morgan fingerprint density at radius 1 is 1.25 bits per heavy atom. The maximum atomic E-state index is 12.5. The molecule has 1 saturated heterocycles. The van der Waals surface area contributed by atoms with Crippen LogP contribution in [0.5, 0.6) is 0 Å². The van der Waals surface area contributed by atoms with E-state index >= 15 is 0 Å². The minimum atomic E-state index is -0.418. The molecular formula is C14H19Cl2N3O. The number of carbonyl (C=O) groups is 1. The SMILES string of the molecule is CCCCN1C(=O)N(c2ccc(Cl)c(Cl)c2)NC1(C)C. The lowest BCUT2D eigenvalue weighted by molar-refractivity contribution is 0.160. The molecule has 1 aliphatic heterocycles. The fourth-order valence-electron chi connectivity index (χ4n) is 2.23. The lowest BCUT2D eigenvalue weighted by atomic mass is 10.2. The van der Waals surface area contributed by atoms with Crippen molar-refractivity contribution in [1.29, 1.82) is 0 Å². The molecule has 0 saturated carbocycles. The number of hydrazine groups is 1. The Hall–Kier alpha value is -0.970. The molecule has 1 N–H and O–H groups in total. The summed E-state index contributed by atoms with van der Waals surface area (Å²) < 4.78 is 0. The number of unbranched alkanes of at least 4 members (excludes halogenated alkanes) is 1. The number of benzene rings is 1. The van der Waals surface area contributed by atoms with Gasteiger partial charge >= 0.3 is 6.03 Å². The van der Waals surface area contributed by atoms with Gasteiger partial charge in [-0.05, 0) is 38.5 Å². The van der Waals surface area contributed by atoms with Crippen molar-refractivity contribution in [3.63, 3.8) is 0 Å². The summed E-state index contributed by atoms with van der Waals surface area (Å²) in [5.74, 6) is 0. The number of hydrogen-bond acceptors (Lipinski definition) is 2. The second kappa shape index (κ2) is 5.80. The van der Waals surface area contributed by atoms with E-state index < -0.39 is 5.66 Å². The molecule has 20 heavy (non-hydrogen) atoms. The number of urea groups is 1. The Balaban J connectivity index is 2.25. The molecule has 0 aliphatic carbocycles. The first-order valence-corrected chi connectivity index (χ1v) is 7.47. The third-order valence-electron chi connectivity index (χ3n) is 3.38. The molecule has 1 heterocycles. The summed E-state index contributed by atoms with van der Waals surface area (Å²) in [6.45, 7) is 6.81. The predicted octanol–water partition coefficient (Wildman–Crippen LogP) is 4.28. The van der Waals surface area contributed by atoms with Crippen LogP contribution in [0.3, 0.4) is 0 Å². The molecule has 1 aromatic carbocycles. The Kier molecular flexibility index (Phi) is 4.47. The average Bonchev–Trinajstić information content (AvgIpc) is 2.61. The van der Waals surface area contributed by atoms with Gasteiger partial charge < -0.3 is 4.90 Å². The number of hydrogen-bond donors (Lipinski definition) is 1. The molecule has 0 spiro atoms. The molecule has 2 amide bonds. The van der Waals surface area contributed by atoms with Crippen LogP contribution in [0, 0.1) is 0 Å². The molecule has 2 rings (SSSR count). The zero-order valence-electron chi connectivity index (χ0n) is 11.9. The van der Waals surface area contributed by atoms with Gasteiger partial charge in [0.15, 0.2) is 0 Å². The minimum absolute atomic E-state index is 0.0677. The summed E-state index contributed by atoms with van der Waals surface area (Å²) in [5.41, 5.74) is 3.48. The Morgan fingerprint density at radius 3 is 2.55 bits per heavy atom. The third kappa shape index (κ3) is 2.87. The van der Waals surface area contributed by atoms with Gasteiger partial charge in [-0.2, -0.15) is 0 Å². The summed E-state index contributed by atoms with van der Waals surface area (Å²) >= 11 is 11.9. The summed E-state index contributed by atoms with van der Waals surface area (Å²) in [6.07, 6.45) is 2.03. The molecular weight excluding hydrogens is 297 g/mol. The lowest BCUT2D eigenvalue weighted by Gasteiger charge is -2.28. The van der Waals surface area contributed by atoms with Gasteiger partial charge in [-0.15, -0.1) is 0 Å². The molecule has 1 aliphatic rings. The lowest BCUT2D eigenvalue weighted by Crippen LogP contribution is -2.48. The topological polar surface area (TPSA) is 35.6 Å². The Morgan fingerprint density at radius 2 is 1.95 bits per heavy atom. The van der Waals surface area contributed by atoms with Crippen LogP contribution >= 0.6 is 23.2 Å². The van der Waals surface area contributed by atoms with Gasteiger partial charge in [0.25, 0.3) is 0 Å². The molecule has 0 radical (unpaired) electrons. The Labute approximate surface area is 129 Å². The number of nitrogens with one attached hydrogen (secondary N) is 1. The molecule has 4 nitrogen and oxygen atoms in total. The molecule has 0 bridgehead atoms. The van der Waals surface area contributed by atoms with Crippen molar-refractivity contribution < 1.29 is 4.79 Å². The maximum absolute atomic E-state index is 12.5. The zero-order valence-corrected chi connectivity index (χ0v) is 13.4. The number of nitrogens with zero attached hydrogens (tertiary/aromatic N) is 2. The van der Waals surface area contributed by atoms with Crippen LogP contribution in [-0.2, 0) is 0 Å². The van der Waals surface area contributed by atoms with Crippen LogP contribution in [0.2, 0.25) is 10.0 Å². The van der Waals surface area contributed by atoms with E-state index in [1.54, 1.807) is 18.2 Å². The smallest absolute Gasteiger partial charge is 0.304 e. The van der Waals surface area contributed by atoms with Gasteiger partial charge in [-0.3, -0.25) is 0 Å². The van der Waals surface area contributed by atoms with E-state index in [-0.39, 0.29) is 6.03 Å². The molecule has 0 unspecified atom stereocenters. The highest BCUT2D eigenvalue weighted by Gasteiger charge is 2.43. The molecule has 6 heteroatoms.